The third kappa shape index (κ3) is 13.7. The van der Waals surface area contributed by atoms with E-state index < -0.39 is 0 Å². The summed E-state index contributed by atoms with van der Waals surface area (Å²) in [6, 6.07) is 5.59. The van der Waals surface area contributed by atoms with E-state index >= 15 is 0 Å². The smallest absolute Gasteiger partial charge is 0.333 e. The Hall–Kier alpha value is -2.76. The molecule has 0 bridgehead atoms. The van der Waals surface area contributed by atoms with Gasteiger partial charge in [-0.05, 0) is 57.4 Å². The summed E-state index contributed by atoms with van der Waals surface area (Å²) in [5, 5.41) is 0. The van der Waals surface area contributed by atoms with Gasteiger partial charge in [0.1, 0.15) is 0 Å². The van der Waals surface area contributed by atoms with Crippen molar-refractivity contribution in [3.8, 4) is 11.5 Å². The first-order valence-corrected chi connectivity index (χ1v) is 12.5. The fourth-order valence-electron chi connectivity index (χ4n) is 3.29. The van der Waals surface area contributed by atoms with Crippen LogP contribution in [0.5, 0.6) is 11.5 Å². The molecule has 0 unspecified atom stereocenters. The van der Waals surface area contributed by atoms with Gasteiger partial charge in [-0.1, -0.05) is 57.6 Å². The highest BCUT2D eigenvalue weighted by molar-refractivity contribution is 5.87. The summed E-state index contributed by atoms with van der Waals surface area (Å²) in [7, 11) is 0. The predicted molar refractivity (Wildman–Crippen MR) is 136 cm³/mol. The van der Waals surface area contributed by atoms with E-state index in [1.54, 1.807) is 13.0 Å². The Morgan fingerprint density at radius 1 is 0.794 bits per heavy atom. The Labute approximate surface area is 205 Å². The number of benzene rings is 1. The van der Waals surface area contributed by atoms with E-state index in [4.69, 9.17) is 18.9 Å². The molecule has 190 valence electrons. The second kappa shape index (κ2) is 18.6. The fourth-order valence-corrected chi connectivity index (χ4v) is 3.29. The first kappa shape index (κ1) is 29.3. The number of carbonyl (C=O) groups is 2. The molecular formula is C28H42O6. The maximum Gasteiger partial charge on any atom is 0.333 e. The average Bonchev–Trinajstić information content (AvgIpc) is 2.82. The molecule has 0 atom stereocenters. The number of hydrogen-bond donors (Lipinski definition) is 0. The van der Waals surface area contributed by atoms with Gasteiger partial charge in [0, 0.05) is 11.6 Å². The van der Waals surface area contributed by atoms with Crippen LogP contribution in [0.1, 0.15) is 84.1 Å². The minimum Gasteiger partial charge on any atom is -0.490 e. The standard InChI is InChI=1S/C28H42O6/c1-5-31-25-18-16-24(22-26(25)32-6-2)17-19-27(29)33-20-14-12-10-8-7-9-11-13-15-21-34-28(30)23(3)4/h16-19,22H,3,5-15,20-21H2,1-2,4H3/b19-17+. The van der Waals surface area contributed by atoms with E-state index in [1.807, 2.05) is 32.0 Å². The van der Waals surface area contributed by atoms with Gasteiger partial charge in [-0.25, -0.2) is 9.59 Å². The van der Waals surface area contributed by atoms with Crippen LogP contribution in [-0.4, -0.2) is 38.4 Å². The summed E-state index contributed by atoms with van der Waals surface area (Å²) in [5.74, 6) is 0.737. The Morgan fingerprint density at radius 2 is 1.32 bits per heavy atom. The molecule has 1 aromatic carbocycles. The molecule has 0 aliphatic carbocycles. The van der Waals surface area contributed by atoms with Crippen molar-refractivity contribution in [2.24, 2.45) is 0 Å². The number of esters is 2. The largest absolute Gasteiger partial charge is 0.490 e. The summed E-state index contributed by atoms with van der Waals surface area (Å²) in [5.41, 5.74) is 1.31. The molecule has 6 heteroatoms. The molecule has 1 rings (SSSR count). The lowest BCUT2D eigenvalue weighted by Crippen LogP contribution is -2.05. The average molecular weight is 475 g/mol. The summed E-state index contributed by atoms with van der Waals surface area (Å²) >= 11 is 0. The molecule has 0 aliphatic heterocycles. The molecule has 0 radical (unpaired) electrons. The van der Waals surface area contributed by atoms with Gasteiger partial charge in [0.2, 0.25) is 0 Å². The first-order valence-electron chi connectivity index (χ1n) is 12.5. The summed E-state index contributed by atoms with van der Waals surface area (Å²) in [6.07, 6.45) is 13.0. The van der Waals surface area contributed by atoms with Crippen LogP contribution in [-0.2, 0) is 19.1 Å². The van der Waals surface area contributed by atoms with Crippen LogP contribution in [0.3, 0.4) is 0 Å². The lowest BCUT2D eigenvalue weighted by atomic mass is 10.1. The molecule has 0 N–H and O–H groups in total. The lowest BCUT2D eigenvalue weighted by molar-refractivity contribution is -0.139. The maximum absolute atomic E-state index is 12.0. The molecule has 0 aliphatic rings. The minimum atomic E-state index is -0.333. The van der Waals surface area contributed by atoms with Crippen molar-refractivity contribution < 1.29 is 28.5 Å². The van der Waals surface area contributed by atoms with Gasteiger partial charge in [-0.2, -0.15) is 0 Å². The molecule has 0 saturated heterocycles. The molecule has 0 spiro atoms. The van der Waals surface area contributed by atoms with Crippen molar-refractivity contribution in [2.45, 2.75) is 78.6 Å². The second-order valence-corrected chi connectivity index (χ2v) is 8.17. The van der Waals surface area contributed by atoms with E-state index in [9.17, 15) is 9.59 Å². The van der Waals surface area contributed by atoms with E-state index in [1.165, 1.54) is 25.3 Å². The van der Waals surface area contributed by atoms with Gasteiger partial charge in [0.05, 0.1) is 26.4 Å². The van der Waals surface area contributed by atoms with Crippen molar-refractivity contribution in [3.63, 3.8) is 0 Å². The molecule has 0 saturated carbocycles. The molecule has 0 aromatic heterocycles. The third-order valence-electron chi connectivity index (χ3n) is 5.09. The highest BCUT2D eigenvalue weighted by Crippen LogP contribution is 2.29. The van der Waals surface area contributed by atoms with Crippen molar-refractivity contribution in [1.82, 2.24) is 0 Å². The zero-order chi connectivity index (χ0) is 25.0. The lowest BCUT2D eigenvalue weighted by Gasteiger charge is -2.11. The van der Waals surface area contributed by atoms with Crippen molar-refractivity contribution in [2.75, 3.05) is 26.4 Å². The number of rotatable bonds is 19. The Bertz CT molecular complexity index is 768. The van der Waals surface area contributed by atoms with Crippen LogP contribution < -0.4 is 9.47 Å². The van der Waals surface area contributed by atoms with Crippen LogP contribution >= 0.6 is 0 Å². The Kier molecular flexibility index (Phi) is 16.1. The van der Waals surface area contributed by atoms with E-state index in [2.05, 4.69) is 6.58 Å². The molecule has 0 fully saturated rings. The molecule has 0 heterocycles. The summed E-state index contributed by atoms with van der Waals surface area (Å²) in [4.78, 5) is 23.2. The van der Waals surface area contributed by atoms with Gasteiger partial charge in [0.15, 0.2) is 11.5 Å². The molecule has 34 heavy (non-hydrogen) atoms. The first-order chi connectivity index (χ1) is 16.5. The summed E-state index contributed by atoms with van der Waals surface area (Å²) in [6.45, 7) is 11.1. The fraction of sp³-hybridized carbons (Fsp3) is 0.571. The molecule has 6 nitrogen and oxygen atoms in total. The highest BCUT2D eigenvalue weighted by atomic mass is 16.5. The third-order valence-corrected chi connectivity index (χ3v) is 5.09. The highest BCUT2D eigenvalue weighted by Gasteiger charge is 2.06. The van der Waals surface area contributed by atoms with Gasteiger partial charge < -0.3 is 18.9 Å². The Balaban J connectivity index is 2.06. The van der Waals surface area contributed by atoms with Crippen LogP contribution in [0.2, 0.25) is 0 Å². The van der Waals surface area contributed by atoms with E-state index in [0.29, 0.717) is 43.5 Å². The number of unbranched alkanes of at least 4 members (excludes halogenated alkanes) is 8. The van der Waals surface area contributed by atoms with Crippen molar-refractivity contribution in [3.05, 3.63) is 42.0 Å². The normalized spacial score (nSPS) is 10.8. The number of hydrogen-bond acceptors (Lipinski definition) is 6. The maximum atomic E-state index is 12.0. The van der Waals surface area contributed by atoms with Crippen LogP contribution in [0.15, 0.2) is 36.4 Å². The molecule has 0 amide bonds. The molecule has 1 aromatic rings. The SMILES string of the molecule is C=C(C)C(=O)OCCCCCCCCCCCOC(=O)/C=C/c1ccc(OCC)c(OCC)c1. The predicted octanol–water partition coefficient (Wildman–Crippen LogP) is 6.67. The van der Waals surface area contributed by atoms with E-state index in [-0.39, 0.29) is 11.9 Å². The monoisotopic (exact) mass is 474 g/mol. The number of ether oxygens (including phenoxy) is 4. The minimum absolute atomic E-state index is 0.301. The molecular weight excluding hydrogens is 432 g/mol. The van der Waals surface area contributed by atoms with Gasteiger partial charge in [-0.3, -0.25) is 0 Å². The van der Waals surface area contributed by atoms with Crippen LogP contribution in [0.4, 0.5) is 0 Å². The zero-order valence-electron chi connectivity index (χ0n) is 21.2. The topological polar surface area (TPSA) is 71.1 Å². The van der Waals surface area contributed by atoms with Gasteiger partial charge >= 0.3 is 11.9 Å². The van der Waals surface area contributed by atoms with Crippen LogP contribution in [0, 0.1) is 0 Å². The second-order valence-electron chi connectivity index (χ2n) is 8.17. The quantitative estimate of drug-likeness (QED) is 0.127. The number of carbonyl (C=O) groups excluding carboxylic acids is 2. The Morgan fingerprint density at radius 3 is 1.88 bits per heavy atom. The van der Waals surface area contributed by atoms with Crippen molar-refractivity contribution in [1.29, 1.82) is 0 Å². The summed E-state index contributed by atoms with van der Waals surface area (Å²) < 4.78 is 21.5. The van der Waals surface area contributed by atoms with Crippen LogP contribution in [0.25, 0.3) is 6.08 Å². The van der Waals surface area contributed by atoms with Gasteiger partial charge in [-0.15, -0.1) is 0 Å². The van der Waals surface area contributed by atoms with Crippen molar-refractivity contribution >= 4 is 18.0 Å². The zero-order valence-corrected chi connectivity index (χ0v) is 21.2. The van der Waals surface area contributed by atoms with E-state index in [0.717, 1.165) is 44.1 Å². The van der Waals surface area contributed by atoms with Gasteiger partial charge in [0.25, 0.3) is 0 Å².